The van der Waals surface area contributed by atoms with Crippen molar-refractivity contribution in [2.45, 2.75) is 26.8 Å². The summed E-state index contributed by atoms with van der Waals surface area (Å²) in [6.45, 7) is 9.70. The molecule has 0 aliphatic heterocycles. The van der Waals surface area contributed by atoms with Gasteiger partial charge in [-0.1, -0.05) is 6.58 Å². The molecule has 0 atom stereocenters. The fraction of sp³-hybridized carbons (Fsp3) is 0.667. The number of hydrogen-bond acceptors (Lipinski definition) is 2. The Labute approximate surface area is 50.9 Å². The van der Waals surface area contributed by atoms with Gasteiger partial charge in [0.25, 0.3) is 0 Å². The van der Waals surface area contributed by atoms with Crippen molar-refractivity contribution in [3.8, 4) is 0 Å². The maximum atomic E-state index is 3.65. The molecule has 0 saturated heterocycles. The predicted octanol–water partition coefficient (Wildman–Crippen LogP) is 1.02. The molecule has 0 fully saturated rings. The molecule has 0 unspecified atom stereocenters. The highest BCUT2D eigenvalue weighted by Crippen LogP contribution is 1.76. The lowest BCUT2D eigenvalue weighted by molar-refractivity contribution is 0.522. The van der Waals surface area contributed by atoms with E-state index in [0.29, 0.717) is 6.04 Å². The molecular weight excluding hydrogens is 100 g/mol. The second kappa shape index (κ2) is 3.50. The van der Waals surface area contributed by atoms with Gasteiger partial charge < -0.3 is 5.43 Å². The van der Waals surface area contributed by atoms with E-state index in [1.165, 1.54) is 0 Å². The van der Waals surface area contributed by atoms with Crippen LogP contribution in [0.15, 0.2) is 12.3 Å². The molecule has 0 aromatic rings. The highest BCUT2D eigenvalue weighted by Gasteiger charge is 1.86. The number of nitrogens with one attached hydrogen (secondary N) is 2. The molecule has 0 bridgehead atoms. The molecule has 0 aromatic carbocycles. The zero-order valence-corrected chi connectivity index (χ0v) is 5.78. The van der Waals surface area contributed by atoms with Crippen LogP contribution in [0.25, 0.3) is 0 Å². The first-order chi connectivity index (χ1) is 3.63. The van der Waals surface area contributed by atoms with E-state index in [0.717, 1.165) is 5.70 Å². The van der Waals surface area contributed by atoms with Crippen molar-refractivity contribution in [1.29, 1.82) is 0 Å². The number of hydrazine groups is 1. The Morgan fingerprint density at radius 3 is 2.12 bits per heavy atom. The van der Waals surface area contributed by atoms with Crippen LogP contribution in [-0.2, 0) is 0 Å². The normalized spacial score (nSPS) is 9.50. The van der Waals surface area contributed by atoms with Gasteiger partial charge in [-0.3, -0.25) is 0 Å². The molecule has 2 heteroatoms. The lowest BCUT2D eigenvalue weighted by atomic mass is 10.4. The largest absolute Gasteiger partial charge is 0.326 e. The Hall–Kier alpha value is -0.500. The summed E-state index contributed by atoms with van der Waals surface area (Å²) < 4.78 is 0. The molecule has 0 aromatic heterocycles. The first-order valence-corrected chi connectivity index (χ1v) is 2.80. The highest BCUT2D eigenvalue weighted by molar-refractivity contribution is 4.81. The second-order valence-corrected chi connectivity index (χ2v) is 2.20. The quantitative estimate of drug-likeness (QED) is 0.535. The molecule has 0 saturated carbocycles. The second-order valence-electron chi connectivity index (χ2n) is 2.20. The van der Waals surface area contributed by atoms with Crippen LogP contribution < -0.4 is 10.9 Å². The summed E-state index contributed by atoms with van der Waals surface area (Å²) >= 11 is 0. The smallest absolute Gasteiger partial charge is 0.0203 e. The Bertz CT molecular complexity index is 76.6. The summed E-state index contributed by atoms with van der Waals surface area (Å²) in [6, 6.07) is 0.465. The number of hydrogen-bond donors (Lipinski definition) is 2. The Balaban J connectivity index is 3.05. The lowest BCUT2D eigenvalue weighted by Crippen LogP contribution is -2.35. The summed E-state index contributed by atoms with van der Waals surface area (Å²) in [4.78, 5) is 0. The molecular formula is C6H14N2. The highest BCUT2D eigenvalue weighted by atomic mass is 15.4. The van der Waals surface area contributed by atoms with Gasteiger partial charge in [0.1, 0.15) is 0 Å². The van der Waals surface area contributed by atoms with Crippen LogP contribution in [0.4, 0.5) is 0 Å². The van der Waals surface area contributed by atoms with Gasteiger partial charge in [0, 0.05) is 11.7 Å². The van der Waals surface area contributed by atoms with Gasteiger partial charge in [0.15, 0.2) is 0 Å². The van der Waals surface area contributed by atoms with E-state index in [2.05, 4.69) is 31.3 Å². The minimum absolute atomic E-state index is 0.465. The third-order valence-electron chi connectivity index (χ3n) is 0.574. The Morgan fingerprint density at radius 1 is 1.50 bits per heavy atom. The molecule has 2 N–H and O–H groups in total. The summed E-state index contributed by atoms with van der Waals surface area (Å²) in [5.74, 6) is 0. The molecule has 0 rings (SSSR count). The van der Waals surface area contributed by atoms with Gasteiger partial charge in [0.05, 0.1) is 0 Å². The molecule has 8 heavy (non-hydrogen) atoms. The van der Waals surface area contributed by atoms with E-state index in [1.54, 1.807) is 0 Å². The van der Waals surface area contributed by atoms with Crippen molar-refractivity contribution >= 4 is 0 Å². The van der Waals surface area contributed by atoms with Gasteiger partial charge >= 0.3 is 0 Å². The maximum Gasteiger partial charge on any atom is 0.0203 e. The minimum Gasteiger partial charge on any atom is -0.326 e. The van der Waals surface area contributed by atoms with Gasteiger partial charge in [-0.15, -0.1) is 0 Å². The van der Waals surface area contributed by atoms with Crippen LogP contribution >= 0.6 is 0 Å². The monoisotopic (exact) mass is 114 g/mol. The third-order valence-corrected chi connectivity index (χ3v) is 0.574. The van der Waals surface area contributed by atoms with Crippen molar-refractivity contribution in [1.82, 2.24) is 10.9 Å². The van der Waals surface area contributed by atoms with Crippen LogP contribution in [0.1, 0.15) is 20.8 Å². The minimum atomic E-state index is 0.465. The first-order valence-electron chi connectivity index (χ1n) is 2.80. The standard InChI is InChI=1S/C6H14N2/c1-5(2)7-8-6(3)4/h6-8H,1H2,2-4H3. The third kappa shape index (κ3) is 5.50. The van der Waals surface area contributed by atoms with Crippen LogP contribution in [0, 0.1) is 0 Å². The SMILES string of the molecule is C=C(C)NNC(C)C. The van der Waals surface area contributed by atoms with E-state index in [4.69, 9.17) is 0 Å². The van der Waals surface area contributed by atoms with E-state index < -0.39 is 0 Å². The topological polar surface area (TPSA) is 24.1 Å². The van der Waals surface area contributed by atoms with Gasteiger partial charge in [-0.2, -0.15) is 0 Å². The average Bonchev–Trinajstić information content (AvgIpc) is 1.61. The van der Waals surface area contributed by atoms with Crippen LogP contribution in [0.2, 0.25) is 0 Å². The zero-order valence-electron chi connectivity index (χ0n) is 5.78. The van der Waals surface area contributed by atoms with Gasteiger partial charge in [0.2, 0.25) is 0 Å². The molecule has 0 spiro atoms. The maximum absolute atomic E-state index is 3.65. The average molecular weight is 114 g/mol. The van der Waals surface area contributed by atoms with Crippen LogP contribution in [-0.4, -0.2) is 6.04 Å². The fourth-order valence-electron chi connectivity index (χ4n) is 0.268. The molecule has 0 amide bonds. The van der Waals surface area contributed by atoms with Crippen LogP contribution in [0.3, 0.4) is 0 Å². The summed E-state index contributed by atoms with van der Waals surface area (Å²) in [6.07, 6.45) is 0. The van der Waals surface area contributed by atoms with E-state index in [9.17, 15) is 0 Å². The van der Waals surface area contributed by atoms with Crippen molar-refractivity contribution in [2.24, 2.45) is 0 Å². The molecule has 0 aliphatic carbocycles. The molecule has 0 aliphatic rings. The summed E-state index contributed by atoms with van der Waals surface area (Å²) in [5, 5.41) is 0. The fourth-order valence-corrected chi connectivity index (χ4v) is 0.268. The van der Waals surface area contributed by atoms with Crippen molar-refractivity contribution < 1.29 is 0 Å². The Morgan fingerprint density at radius 2 is 2.00 bits per heavy atom. The van der Waals surface area contributed by atoms with E-state index >= 15 is 0 Å². The lowest BCUT2D eigenvalue weighted by Gasteiger charge is -2.09. The zero-order chi connectivity index (χ0) is 6.57. The molecule has 0 heterocycles. The van der Waals surface area contributed by atoms with Crippen molar-refractivity contribution in [2.75, 3.05) is 0 Å². The first kappa shape index (κ1) is 7.50. The van der Waals surface area contributed by atoms with E-state index in [1.807, 2.05) is 6.92 Å². The van der Waals surface area contributed by atoms with Gasteiger partial charge in [-0.05, 0) is 20.8 Å². The molecule has 48 valence electrons. The van der Waals surface area contributed by atoms with Crippen LogP contribution in [0.5, 0.6) is 0 Å². The Kier molecular flexibility index (Phi) is 3.28. The summed E-state index contributed by atoms with van der Waals surface area (Å²) in [5.41, 5.74) is 6.84. The number of rotatable bonds is 3. The van der Waals surface area contributed by atoms with Crippen molar-refractivity contribution in [3.63, 3.8) is 0 Å². The van der Waals surface area contributed by atoms with Crippen molar-refractivity contribution in [3.05, 3.63) is 12.3 Å². The molecule has 0 radical (unpaired) electrons. The summed E-state index contributed by atoms with van der Waals surface area (Å²) in [7, 11) is 0. The molecule has 2 nitrogen and oxygen atoms in total. The predicted molar refractivity (Wildman–Crippen MR) is 36.2 cm³/mol. The van der Waals surface area contributed by atoms with E-state index in [-0.39, 0.29) is 0 Å². The number of allylic oxidation sites excluding steroid dienone is 1. The van der Waals surface area contributed by atoms with Gasteiger partial charge in [-0.25, -0.2) is 5.43 Å².